The molecule has 0 fully saturated rings. The SMILES string of the molecule is CC(CN)S(=O)(=O)c1ccc(S(C)(=O)=O)cc1. The molecule has 0 aliphatic rings. The van der Waals surface area contributed by atoms with E-state index in [0.29, 0.717) is 0 Å². The van der Waals surface area contributed by atoms with Crippen molar-refractivity contribution in [1.29, 1.82) is 0 Å². The van der Waals surface area contributed by atoms with Gasteiger partial charge < -0.3 is 5.73 Å². The topological polar surface area (TPSA) is 94.3 Å². The maximum atomic E-state index is 11.9. The van der Waals surface area contributed by atoms with Crippen LogP contribution in [0.25, 0.3) is 0 Å². The molecule has 0 bridgehead atoms. The van der Waals surface area contributed by atoms with Gasteiger partial charge >= 0.3 is 0 Å². The van der Waals surface area contributed by atoms with Crippen LogP contribution in [0.15, 0.2) is 34.1 Å². The lowest BCUT2D eigenvalue weighted by Gasteiger charge is -2.10. The molecule has 96 valence electrons. The molecule has 17 heavy (non-hydrogen) atoms. The summed E-state index contributed by atoms with van der Waals surface area (Å²) in [6.07, 6.45) is 1.07. The van der Waals surface area contributed by atoms with E-state index < -0.39 is 24.9 Å². The molecule has 0 aromatic heterocycles. The molecule has 7 heteroatoms. The van der Waals surface area contributed by atoms with Crippen LogP contribution in [0.1, 0.15) is 6.92 Å². The number of hydrogen-bond donors (Lipinski definition) is 1. The molecule has 0 aliphatic heterocycles. The smallest absolute Gasteiger partial charge is 0.182 e. The van der Waals surface area contributed by atoms with Gasteiger partial charge in [0.05, 0.1) is 15.0 Å². The average molecular weight is 277 g/mol. The first-order valence-electron chi connectivity index (χ1n) is 4.93. The highest BCUT2D eigenvalue weighted by atomic mass is 32.2. The fraction of sp³-hybridized carbons (Fsp3) is 0.400. The maximum absolute atomic E-state index is 11.9. The molecule has 0 saturated heterocycles. The van der Waals surface area contributed by atoms with Crippen molar-refractivity contribution < 1.29 is 16.8 Å². The Kier molecular flexibility index (Phi) is 3.95. The number of benzene rings is 1. The van der Waals surface area contributed by atoms with Gasteiger partial charge in [0.15, 0.2) is 19.7 Å². The van der Waals surface area contributed by atoms with Crippen LogP contribution in [-0.2, 0) is 19.7 Å². The summed E-state index contributed by atoms with van der Waals surface area (Å²) in [6.45, 7) is 1.54. The molecule has 1 rings (SSSR count). The van der Waals surface area contributed by atoms with Crippen molar-refractivity contribution in [2.24, 2.45) is 5.73 Å². The summed E-state index contributed by atoms with van der Waals surface area (Å²) in [5.74, 6) is 0. The predicted octanol–water partition coefficient (Wildman–Crippen LogP) is 0.211. The highest BCUT2D eigenvalue weighted by Crippen LogP contribution is 2.18. The van der Waals surface area contributed by atoms with Crippen LogP contribution in [0.2, 0.25) is 0 Å². The zero-order chi connectivity index (χ0) is 13.3. The molecule has 0 amide bonds. The molecular formula is C10H15NO4S2. The minimum Gasteiger partial charge on any atom is -0.329 e. The lowest BCUT2D eigenvalue weighted by Crippen LogP contribution is -2.26. The fourth-order valence-electron chi connectivity index (χ4n) is 1.24. The summed E-state index contributed by atoms with van der Waals surface area (Å²) in [4.78, 5) is 0.180. The minimum atomic E-state index is -3.47. The minimum absolute atomic E-state index is 0.0240. The number of rotatable bonds is 4. The van der Waals surface area contributed by atoms with Gasteiger partial charge in [0.25, 0.3) is 0 Å². The molecule has 0 radical (unpaired) electrons. The Bertz CT molecular complexity index is 588. The molecular weight excluding hydrogens is 262 g/mol. The third-order valence-corrected chi connectivity index (χ3v) is 5.75. The van der Waals surface area contributed by atoms with Crippen LogP contribution in [0.4, 0.5) is 0 Å². The summed E-state index contributed by atoms with van der Waals surface area (Å²) in [5, 5.41) is -0.688. The first kappa shape index (κ1) is 14.1. The van der Waals surface area contributed by atoms with E-state index in [-0.39, 0.29) is 16.3 Å². The first-order valence-corrected chi connectivity index (χ1v) is 8.37. The molecule has 0 spiro atoms. The van der Waals surface area contributed by atoms with Gasteiger partial charge in [0, 0.05) is 12.8 Å². The highest BCUT2D eigenvalue weighted by molar-refractivity contribution is 7.92. The summed E-state index contributed by atoms with van der Waals surface area (Å²) >= 11 is 0. The normalized spacial score (nSPS) is 14.5. The van der Waals surface area contributed by atoms with Crippen LogP contribution in [0.3, 0.4) is 0 Å². The average Bonchev–Trinajstić information content (AvgIpc) is 2.27. The van der Waals surface area contributed by atoms with Gasteiger partial charge in [0.1, 0.15) is 0 Å². The van der Waals surface area contributed by atoms with E-state index >= 15 is 0 Å². The maximum Gasteiger partial charge on any atom is 0.182 e. The van der Waals surface area contributed by atoms with Crippen LogP contribution in [0, 0.1) is 0 Å². The Morgan fingerprint density at radius 3 is 1.82 bits per heavy atom. The first-order chi connectivity index (χ1) is 7.69. The largest absolute Gasteiger partial charge is 0.329 e. The third kappa shape index (κ3) is 3.05. The van der Waals surface area contributed by atoms with Crippen LogP contribution in [-0.4, -0.2) is 34.9 Å². The van der Waals surface area contributed by atoms with Crippen molar-refractivity contribution in [1.82, 2.24) is 0 Å². The molecule has 2 N–H and O–H groups in total. The standard InChI is InChI=1S/C10H15NO4S2/c1-8(7-11)17(14,15)10-5-3-9(4-6-10)16(2,12)13/h3-6,8H,7,11H2,1-2H3. The lowest BCUT2D eigenvalue weighted by molar-refractivity contribution is 0.583. The van der Waals surface area contributed by atoms with Gasteiger partial charge in [-0.2, -0.15) is 0 Å². The monoisotopic (exact) mass is 277 g/mol. The van der Waals surface area contributed by atoms with Crippen molar-refractivity contribution in [2.45, 2.75) is 22.0 Å². The van der Waals surface area contributed by atoms with Crippen molar-refractivity contribution in [3.05, 3.63) is 24.3 Å². The van der Waals surface area contributed by atoms with E-state index in [4.69, 9.17) is 5.73 Å². The zero-order valence-corrected chi connectivity index (χ0v) is 11.3. The van der Waals surface area contributed by atoms with Crippen molar-refractivity contribution >= 4 is 19.7 Å². The van der Waals surface area contributed by atoms with E-state index in [2.05, 4.69) is 0 Å². The molecule has 1 atom stereocenters. The Labute approximate surface area is 101 Å². The van der Waals surface area contributed by atoms with Gasteiger partial charge in [-0.3, -0.25) is 0 Å². The Balaban J connectivity index is 3.21. The van der Waals surface area contributed by atoms with Crippen LogP contribution < -0.4 is 5.73 Å². The van der Waals surface area contributed by atoms with Gasteiger partial charge in [0.2, 0.25) is 0 Å². The molecule has 1 aromatic carbocycles. The van der Waals surface area contributed by atoms with Gasteiger partial charge in [-0.1, -0.05) is 0 Å². The van der Waals surface area contributed by atoms with Crippen molar-refractivity contribution in [3.8, 4) is 0 Å². The summed E-state index contributed by atoms with van der Waals surface area (Å²) in [5.41, 5.74) is 5.32. The van der Waals surface area contributed by atoms with Crippen molar-refractivity contribution in [3.63, 3.8) is 0 Å². The molecule has 0 aliphatic carbocycles. The summed E-state index contributed by atoms with van der Waals surface area (Å²) < 4.78 is 46.2. The second-order valence-electron chi connectivity index (χ2n) is 3.83. The quantitative estimate of drug-likeness (QED) is 0.849. The van der Waals surface area contributed by atoms with Gasteiger partial charge in [-0.25, -0.2) is 16.8 Å². The second kappa shape index (κ2) is 4.75. The van der Waals surface area contributed by atoms with E-state index in [1.807, 2.05) is 0 Å². The van der Waals surface area contributed by atoms with Crippen molar-refractivity contribution in [2.75, 3.05) is 12.8 Å². The Morgan fingerprint density at radius 2 is 1.47 bits per heavy atom. The Morgan fingerprint density at radius 1 is 1.06 bits per heavy atom. The van der Waals surface area contributed by atoms with E-state index in [1.54, 1.807) is 0 Å². The number of sulfone groups is 2. The molecule has 0 heterocycles. The molecule has 1 aromatic rings. The molecule has 0 saturated carbocycles. The van der Waals surface area contributed by atoms with Gasteiger partial charge in [-0.15, -0.1) is 0 Å². The van der Waals surface area contributed by atoms with Crippen LogP contribution >= 0.6 is 0 Å². The third-order valence-electron chi connectivity index (χ3n) is 2.44. The molecule has 5 nitrogen and oxygen atoms in total. The summed E-state index contributed by atoms with van der Waals surface area (Å²) in [7, 11) is -6.78. The van der Waals surface area contributed by atoms with E-state index in [0.717, 1.165) is 6.26 Å². The predicted molar refractivity (Wildman–Crippen MR) is 65.3 cm³/mol. The number of hydrogen-bond acceptors (Lipinski definition) is 5. The number of nitrogens with two attached hydrogens (primary N) is 1. The zero-order valence-electron chi connectivity index (χ0n) is 9.62. The lowest BCUT2D eigenvalue weighted by atomic mass is 10.4. The summed E-state index contributed by atoms with van der Waals surface area (Å²) in [6, 6.07) is 5.15. The van der Waals surface area contributed by atoms with E-state index in [1.165, 1.54) is 31.2 Å². The molecule has 1 unspecified atom stereocenters. The van der Waals surface area contributed by atoms with Gasteiger partial charge in [-0.05, 0) is 31.2 Å². The van der Waals surface area contributed by atoms with E-state index in [9.17, 15) is 16.8 Å². The van der Waals surface area contributed by atoms with Crippen LogP contribution in [0.5, 0.6) is 0 Å². The highest BCUT2D eigenvalue weighted by Gasteiger charge is 2.22. The fourth-order valence-corrected chi connectivity index (χ4v) is 3.10. The Hall–Kier alpha value is -0.920. The second-order valence-corrected chi connectivity index (χ2v) is 8.22.